The Morgan fingerprint density at radius 3 is 2.46 bits per heavy atom. The number of nitrogens with zero attached hydrogens (tertiary/aromatic N) is 1. The van der Waals surface area contributed by atoms with Gasteiger partial charge in [-0.2, -0.15) is 17.9 Å². The highest BCUT2D eigenvalue weighted by Crippen LogP contribution is 2.27. The fourth-order valence-corrected chi connectivity index (χ4v) is 5.50. The van der Waals surface area contributed by atoms with Gasteiger partial charge in [0.25, 0.3) is 5.91 Å². The molecule has 2 amide bonds. The van der Waals surface area contributed by atoms with Crippen LogP contribution in [0.5, 0.6) is 0 Å². The molecule has 14 heteroatoms. The monoisotopic (exact) mass is 580 g/mol. The third-order valence-corrected chi connectivity index (χ3v) is 8.37. The average molecular weight is 581 g/mol. The third kappa shape index (κ3) is 7.14. The van der Waals surface area contributed by atoms with E-state index in [4.69, 9.17) is 23.2 Å². The normalized spacial score (nSPS) is 20.4. The van der Waals surface area contributed by atoms with Gasteiger partial charge >= 0.3 is 6.18 Å². The molecule has 2 aromatic carbocycles. The smallest absolute Gasteiger partial charge is 0.324 e. The van der Waals surface area contributed by atoms with Crippen molar-refractivity contribution in [2.75, 3.05) is 11.9 Å². The largest absolute Gasteiger partial charge is 0.405 e. The van der Waals surface area contributed by atoms with Crippen molar-refractivity contribution in [3.63, 3.8) is 0 Å². The lowest BCUT2D eigenvalue weighted by atomic mass is 10.1. The summed E-state index contributed by atoms with van der Waals surface area (Å²) in [6, 6.07) is 8.07. The van der Waals surface area contributed by atoms with E-state index < -0.39 is 62.2 Å². The molecule has 3 N–H and O–H groups in total. The summed E-state index contributed by atoms with van der Waals surface area (Å²) in [5.41, 5.74) is 3.20. The molecule has 4 unspecified atom stereocenters. The number of anilines is 1. The fraction of sp³-hybridized carbons (Fsp3) is 0.391. The molecule has 1 heterocycles. The molecule has 0 aromatic heterocycles. The number of rotatable bonds is 8. The van der Waals surface area contributed by atoms with Gasteiger partial charge in [0.15, 0.2) is 0 Å². The zero-order valence-corrected chi connectivity index (χ0v) is 22.0. The maximum absolute atomic E-state index is 13.7. The summed E-state index contributed by atoms with van der Waals surface area (Å²) in [5, 5.41) is 1.80. The standard InChI is InChI=1S/C23H25Cl2F3N4O4S/c1-13-8-9-16(30-21(33)14(2)32-22(34)20(25)17(24)12-29-32)11-18(13)37(35,36)31-19(23(26,27)28)10-15-6-4-3-5-7-15/h3-9,11,14,17,19-20,29,31H,10,12H2,1-2H3,(H,30,33). The van der Waals surface area contributed by atoms with Gasteiger partial charge in [-0.15, -0.1) is 23.2 Å². The molecular formula is C23H25Cl2F3N4O4S. The second kappa shape index (κ2) is 11.6. The molecule has 37 heavy (non-hydrogen) atoms. The summed E-state index contributed by atoms with van der Waals surface area (Å²) in [4.78, 5) is 24.7. The maximum atomic E-state index is 13.7. The lowest BCUT2D eigenvalue weighted by Gasteiger charge is -2.36. The van der Waals surface area contributed by atoms with E-state index in [0.717, 1.165) is 11.1 Å². The van der Waals surface area contributed by atoms with Crippen molar-refractivity contribution >= 4 is 50.7 Å². The summed E-state index contributed by atoms with van der Waals surface area (Å²) in [5.74, 6) is -1.29. The minimum absolute atomic E-state index is 0.0107. The summed E-state index contributed by atoms with van der Waals surface area (Å²) in [6.07, 6.45) is -5.45. The maximum Gasteiger partial charge on any atom is 0.405 e. The molecule has 4 atom stereocenters. The first-order valence-electron chi connectivity index (χ1n) is 11.1. The van der Waals surface area contributed by atoms with E-state index in [1.165, 1.54) is 38.1 Å². The number of alkyl halides is 5. The number of carbonyl (C=O) groups is 2. The van der Waals surface area contributed by atoms with Crippen LogP contribution < -0.4 is 15.5 Å². The molecule has 202 valence electrons. The Labute approximate surface area is 222 Å². The third-order valence-electron chi connectivity index (χ3n) is 5.73. The molecule has 1 saturated heterocycles. The number of hydrazine groups is 1. The van der Waals surface area contributed by atoms with Crippen molar-refractivity contribution < 1.29 is 31.2 Å². The quantitative estimate of drug-likeness (QED) is 0.415. The van der Waals surface area contributed by atoms with Gasteiger partial charge in [-0.05, 0) is 43.5 Å². The summed E-state index contributed by atoms with van der Waals surface area (Å²) < 4.78 is 68.9. The van der Waals surface area contributed by atoms with Crippen LogP contribution in [0, 0.1) is 6.92 Å². The second-order valence-corrected chi connectivity index (χ2v) is 11.3. The van der Waals surface area contributed by atoms with Crippen molar-refractivity contribution in [2.45, 2.75) is 54.2 Å². The van der Waals surface area contributed by atoms with Crippen LogP contribution >= 0.6 is 23.2 Å². The van der Waals surface area contributed by atoms with Crippen LogP contribution in [0.2, 0.25) is 0 Å². The molecule has 0 saturated carbocycles. The number of aryl methyl sites for hydroxylation is 1. The molecule has 0 radical (unpaired) electrons. The van der Waals surface area contributed by atoms with Crippen molar-refractivity contribution in [3.8, 4) is 0 Å². The Balaban J connectivity index is 1.79. The van der Waals surface area contributed by atoms with Crippen LogP contribution in [0.1, 0.15) is 18.1 Å². The number of hydrogen-bond acceptors (Lipinski definition) is 5. The minimum atomic E-state index is -4.85. The number of halogens is 5. The van der Waals surface area contributed by atoms with Crippen molar-refractivity contribution in [3.05, 3.63) is 59.7 Å². The molecule has 3 rings (SSSR count). The Hall–Kier alpha value is -2.38. The first-order valence-corrected chi connectivity index (χ1v) is 13.5. The predicted molar refractivity (Wildman–Crippen MR) is 134 cm³/mol. The lowest BCUT2D eigenvalue weighted by Crippen LogP contribution is -2.62. The van der Waals surface area contributed by atoms with Gasteiger partial charge in [0, 0.05) is 12.2 Å². The molecule has 0 spiro atoms. The van der Waals surface area contributed by atoms with Crippen LogP contribution in [0.15, 0.2) is 53.4 Å². The first-order chi connectivity index (χ1) is 17.2. The van der Waals surface area contributed by atoms with E-state index >= 15 is 0 Å². The fourth-order valence-electron chi connectivity index (χ4n) is 3.64. The van der Waals surface area contributed by atoms with Gasteiger partial charge in [0.05, 0.1) is 10.3 Å². The molecule has 1 fully saturated rings. The number of benzene rings is 2. The predicted octanol–water partition coefficient (Wildman–Crippen LogP) is 3.34. The number of amides is 2. The van der Waals surface area contributed by atoms with E-state index in [0.29, 0.717) is 5.56 Å². The van der Waals surface area contributed by atoms with Gasteiger partial charge in [0.1, 0.15) is 17.5 Å². The molecular weight excluding hydrogens is 556 g/mol. The van der Waals surface area contributed by atoms with E-state index in [1.54, 1.807) is 22.9 Å². The van der Waals surface area contributed by atoms with E-state index in [-0.39, 0.29) is 17.8 Å². The first kappa shape index (κ1) is 29.2. The van der Waals surface area contributed by atoms with Crippen molar-refractivity contribution in [2.24, 2.45) is 0 Å². The van der Waals surface area contributed by atoms with E-state index in [1.807, 2.05) is 0 Å². The molecule has 0 aliphatic carbocycles. The van der Waals surface area contributed by atoms with Crippen LogP contribution in [0.4, 0.5) is 18.9 Å². The highest BCUT2D eigenvalue weighted by Gasteiger charge is 2.43. The number of hydrogen-bond donors (Lipinski definition) is 3. The van der Waals surface area contributed by atoms with Gasteiger partial charge in [0.2, 0.25) is 15.9 Å². The SMILES string of the molecule is Cc1ccc(NC(=O)C(C)N2NCC(Cl)C(Cl)C2=O)cc1S(=O)(=O)NC(Cc1ccccc1)C(F)(F)F. The van der Waals surface area contributed by atoms with E-state index in [9.17, 15) is 31.2 Å². The number of sulfonamides is 1. The Kier molecular flexibility index (Phi) is 9.12. The Morgan fingerprint density at radius 2 is 1.84 bits per heavy atom. The van der Waals surface area contributed by atoms with Crippen LogP contribution in [-0.4, -0.2) is 60.8 Å². The summed E-state index contributed by atoms with van der Waals surface area (Å²) in [6.45, 7) is 2.98. The molecule has 8 nitrogen and oxygen atoms in total. The van der Waals surface area contributed by atoms with E-state index in [2.05, 4.69) is 10.7 Å². The van der Waals surface area contributed by atoms with Gasteiger partial charge in [-0.3, -0.25) is 14.6 Å². The van der Waals surface area contributed by atoms with Gasteiger partial charge in [-0.25, -0.2) is 13.8 Å². The Morgan fingerprint density at radius 1 is 1.19 bits per heavy atom. The number of nitrogens with one attached hydrogen (secondary N) is 3. The second-order valence-electron chi connectivity index (χ2n) is 8.54. The molecule has 2 aromatic rings. The zero-order valence-electron chi connectivity index (χ0n) is 19.7. The van der Waals surface area contributed by atoms with Crippen molar-refractivity contribution in [1.29, 1.82) is 0 Å². The van der Waals surface area contributed by atoms with Gasteiger partial charge in [-0.1, -0.05) is 36.4 Å². The molecule has 1 aliphatic rings. The topological polar surface area (TPSA) is 108 Å². The number of carbonyl (C=O) groups excluding carboxylic acids is 2. The van der Waals surface area contributed by atoms with Crippen molar-refractivity contribution in [1.82, 2.24) is 15.2 Å². The summed E-state index contributed by atoms with van der Waals surface area (Å²) >= 11 is 11.9. The average Bonchev–Trinajstić information content (AvgIpc) is 2.83. The minimum Gasteiger partial charge on any atom is -0.324 e. The lowest BCUT2D eigenvalue weighted by molar-refractivity contribution is -0.151. The molecule has 0 bridgehead atoms. The Bertz CT molecular complexity index is 1250. The van der Waals surface area contributed by atoms with Gasteiger partial charge < -0.3 is 5.32 Å². The highest BCUT2D eigenvalue weighted by atomic mass is 35.5. The summed E-state index contributed by atoms with van der Waals surface area (Å²) in [7, 11) is -4.64. The van der Waals surface area contributed by atoms with Crippen LogP contribution in [-0.2, 0) is 26.0 Å². The van der Waals surface area contributed by atoms with Crippen LogP contribution in [0.3, 0.4) is 0 Å². The zero-order chi connectivity index (χ0) is 27.5. The molecule has 1 aliphatic heterocycles. The highest BCUT2D eigenvalue weighted by molar-refractivity contribution is 7.89. The van der Waals surface area contributed by atoms with Crippen LogP contribution in [0.25, 0.3) is 0 Å².